The molecule has 2 rings (SSSR count). The zero-order valence-electron chi connectivity index (χ0n) is 7.93. The minimum Gasteiger partial charge on any atom is -0.480 e. The summed E-state index contributed by atoms with van der Waals surface area (Å²) in [5.74, 6) is -1.20. The van der Waals surface area contributed by atoms with E-state index in [1.165, 1.54) is 11.4 Å². The lowest BCUT2D eigenvalue weighted by Crippen LogP contribution is -2.43. The average molecular weight is 219 g/mol. The van der Waals surface area contributed by atoms with Gasteiger partial charge in [0.1, 0.15) is 0 Å². The molecule has 2 aliphatic carbocycles. The maximum atomic E-state index is 11.9. The molecule has 2 fully saturated rings. The van der Waals surface area contributed by atoms with E-state index in [9.17, 15) is 13.2 Å². The molecule has 0 spiro atoms. The van der Waals surface area contributed by atoms with E-state index in [4.69, 9.17) is 5.11 Å². The van der Waals surface area contributed by atoms with Crippen molar-refractivity contribution in [2.24, 2.45) is 0 Å². The summed E-state index contributed by atoms with van der Waals surface area (Å²) < 4.78 is 23.5. The molecule has 5 nitrogen and oxygen atoms in total. The summed E-state index contributed by atoms with van der Waals surface area (Å²) in [5.41, 5.74) is 0. The summed E-state index contributed by atoms with van der Waals surface area (Å²) in [5, 5.41) is 8.88. The van der Waals surface area contributed by atoms with E-state index >= 15 is 0 Å². The van der Waals surface area contributed by atoms with Crippen molar-refractivity contribution in [2.75, 3.05) is 7.05 Å². The number of carboxylic acid groups (broad SMARTS) is 1. The van der Waals surface area contributed by atoms with Crippen LogP contribution in [-0.4, -0.2) is 41.6 Å². The molecule has 6 heteroatoms. The van der Waals surface area contributed by atoms with Crippen molar-refractivity contribution >= 4 is 16.0 Å². The molecule has 2 saturated carbocycles. The van der Waals surface area contributed by atoms with Crippen LogP contribution in [0.3, 0.4) is 0 Å². The molecule has 14 heavy (non-hydrogen) atoms. The lowest BCUT2D eigenvalue weighted by molar-refractivity contribution is -0.137. The highest BCUT2D eigenvalue weighted by molar-refractivity contribution is 7.91. The molecule has 0 radical (unpaired) electrons. The Kier molecular flexibility index (Phi) is 1.91. The molecular weight excluding hydrogens is 206 g/mol. The van der Waals surface area contributed by atoms with Crippen molar-refractivity contribution in [3.8, 4) is 0 Å². The Hall–Kier alpha value is -0.620. The van der Waals surface area contributed by atoms with Gasteiger partial charge in [0.15, 0.2) is 4.75 Å². The summed E-state index contributed by atoms with van der Waals surface area (Å²) in [4.78, 5) is 10.9. The largest absolute Gasteiger partial charge is 0.480 e. The molecule has 80 valence electrons. The average Bonchev–Trinajstić information content (AvgIpc) is 2.95. The van der Waals surface area contributed by atoms with Crippen LogP contribution in [0.1, 0.15) is 25.7 Å². The van der Waals surface area contributed by atoms with Crippen LogP contribution in [-0.2, 0) is 14.8 Å². The molecule has 0 unspecified atom stereocenters. The second-order valence-corrected chi connectivity index (χ2v) is 6.36. The fourth-order valence-electron chi connectivity index (χ4n) is 1.61. The van der Waals surface area contributed by atoms with Crippen LogP contribution in [0.5, 0.6) is 0 Å². The van der Waals surface area contributed by atoms with E-state index in [0.29, 0.717) is 0 Å². The Labute approximate surface area is 82.8 Å². The van der Waals surface area contributed by atoms with Crippen molar-refractivity contribution in [1.82, 2.24) is 4.31 Å². The highest BCUT2D eigenvalue weighted by Gasteiger charge is 2.64. The van der Waals surface area contributed by atoms with Crippen LogP contribution < -0.4 is 0 Å². The minimum absolute atomic E-state index is 0.0387. The molecule has 0 aliphatic heterocycles. The van der Waals surface area contributed by atoms with E-state index in [0.717, 1.165) is 12.8 Å². The van der Waals surface area contributed by atoms with Crippen LogP contribution in [0.2, 0.25) is 0 Å². The smallest absolute Gasteiger partial charge is 0.326 e. The number of hydrogen-bond acceptors (Lipinski definition) is 3. The molecule has 0 aromatic heterocycles. The summed E-state index contributed by atoms with van der Waals surface area (Å²) in [6.07, 6.45) is 2.21. The molecule has 2 aliphatic rings. The quantitative estimate of drug-likeness (QED) is 0.723. The standard InChI is InChI=1S/C8H13NO4S/c1-9(6-2-3-6)14(12,13)8(4-5-8)7(10)11/h6H,2-5H2,1H3,(H,10,11). The second-order valence-electron chi connectivity index (χ2n) is 4.05. The zero-order chi connectivity index (χ0) is 10.6. The van der Waals surface area contributed by atoms with Gasteiger partial charge in [-0.15, -0.1) is 0 Å². The van der Waals surface area contributed by atoms with E-state index in [-0.39, 0.29) is 18.9 Å². The van der Waals surface area contributed by atoms with Crippen LogP contribution in [0.15, 0.2) is 0 Å². The Morgan fingerprint density at radius 2 is 1.93 bits per heavy atom. The minimum atomic E-state index is -3.63. The molecule has 0 bridgehead atoms. The predicted octanol–water partition coefficient (Wildman–Crippen LogP) is 0.0276. The summed E-state index contributed by atoms with van der Waals surface area (Å²) in [6.45, 7) is 0. The van der Waals surface area contributed by atoms with Gasteiger partial charge in [0, 0.05) is 13.1 Å². The third-order valence-corrected chi connectivity index (χ3v) is 5.65. The van der Waals surface area contributed by atoms with Gasteiger partial charge in [-0.25, -0.2) is 12.7 Å². The number of nitrogens with zero attached hydrogens (tertiary/aromatic N) is 1. The lowest BCUT2D eigenvalue weighted by Gasteiger charge is -2.20. The number of carbonyl (C=O) groups is 1. The summed E-state index contributed by atoms with van der Waals surface area (Å²) >= 11 is 0. The SMILES string of the molecule is CN(C1CC1)S(=O)(=O)C1(C(=O)O)CC1. The van der Waals surface area contributed by atoms with Crippen molar-refractivity contribution in [3.05, 3.63) is 0 Å². The highest BCUT2D eigenvalue weighted by atomic mass is 32.2. The highest BCUT2D eigenvalue weighted by Crippen LogP contribution is 2.47. The van der Waals surface area contributed by atoms with Gasteiger partial charge in [-0.3, -0.25) is 4.79 Å². The van der Waals surface area contributed by atoms with E-state index in [2.05, 4.69) is 0 Å². The number of hydrogen-bond donors (Lipinski definition) is 1. The third-order valence-electron chi connectivity index (χ3n) is 3.03. The Bertz CT molecular complexity index is 367. The first kappa shape index (κ1) is 9.92. The van der Waals surface area contributed by atoms with Crippen molar-refractivity contribution < 1.29 is 18.3 Å². The fourth-order valence-corrected chi connectivity index (χ4v) is 3.60. The molecule has 0 atom stereocenters. The van der Waals surface area contributed by atoms with E-state index in [1.54, 1.807) is 0 Å². The Balaban J connectivity index is 2.27. The van der Waals surface area contributed by atoms with Crippen LogP contribution in [0, 0.1) is 0 Å². The Morgan fingerprint density at radius 3 is 2.21 bits per heavy atom. The number of rotatable bonds is 4. The van der Waals surface area contributed by atoms with Gasteiger partial charge in [-0.1, -0.05) is 0 Å². The summed E-state index contributed by atoms with van der Waals surface area (Å²) in [7, 11) is -2.15. The monoisotopic (exact) mass is 219 g/mol. The van der Waals surface area contributed by atoms with Gasteiger partial charge < -0.3 is 5.11 Å². The molecule has 0 aromatic carbocycles. The molecule has 1 N–H and O–H groups in total. The van der Waals surface area contributed by atoms with Gasteiger partial charge in [0.2, 0.25) is 10.0 Å². The first-order valence-electron chi connectivity index (χ1n) is 4.63. The van der Waals surface area contributed by atoms with Crippen molar-refractivity contribution in [1.29, 1.82) is 0 Å². The number of sulfonamides is 1. The van der Waals surface area contributed by atoms with E-state index < -0.39 is 20.7 Å². The topological polar surface area (TPSA) is 74.7 Å². The maximum absolute atomic E-state index is 11.9. The molecular formula is C8H13NO4S. The fraction of sp³-hybridized carbons (Fsp3) is 0.875. The van der Waals surface area contributed by atoms with Crippen molar-refractivity contribution in [3.63, 3.8) is 0 Å². The maximum Gasteiger partial charge on any atom is 0.326 e. The van der Waals surface area contributed by atoms with Gasteiger partial charge in [-0.2, -0.15) is 0 Å². The second kappa shape index (κ2) is 2.70. The van der Waals surface area contributed by atoms with Gasteiger partial charge in [0.05, 0.1) is 0 Å². The zero-order valence-corrected chi connectivity index (χ0v) is 8.75. The van der Waals surface area contributed by atoms with Crippen LogP contribution in [0.4, 0.5) is 0 Å². The van der Waals surface area contributed by atoms with Gasteiger partial charge in [-0.05, 0) is 25.7 Å². The van der Waals surface area contributed by atoms with Gasteiger partial charge in [0.25, 0.3) is 0 Å². The number of carboxylic acids is 1. The van der Waals surface area contributed by atoms with Crippen LogP contribution >= 0.6 is 0 Å². The molecule has 0 heterocycles. The normalized spacial score (nSPS) is 25.0. The molecule has 0 amide bonds. The first-order chi connectivity index (χ1) is 6.42. The third kappa shape index (κ3) is 1.17. The van der Waals surface area contributed by atoms with Crippen molar-refractivity contribution in [2.45, 2.75) is 36.5 Å². The van der Waals surface area contributed by atoms with Gasteiger partial charge >= 0.3 is 5.97 Å². The number of aliphatic carboxylic acids is 1. The first-order valence-corrected chi connectivity index (χ1v) is 6.07. The van der Waals surface area contributed by atoms with Crippen LogP contribution in [0.25, 0.3) is 0 Å². The Morgan fingerprint density at radius 1 is 1.43 bits per heavy atom. The molecule has 0 aromatic rings. The lowest BCUT2D eigenvalue weighted by atomic mass is 10.4. The van der Waals surface area contributed by atoms with E-state index in [1.807, 2.05) is 0 Å². The summed E-state index contributed by atoms with van der Waals surface area (Å²) in [6, 6.07) is 0.0387. The molecule has 0 saturated heterocycles. The predicted molar refractivity (Wildman–Crippen MR) is 49.3 cm³/mol.